The molecule has 3 N–H and O–H groups in total. The summed E-state index contributed by atoms with van der Waals surface area (Å²) in [5.41, 5.74) is 11.7. The first-order valence-corrected chi connectivity index (χ1v) is 12.9. The minimum Gasteiger partial charge on any atom is -0.368 e. The Balaban J connectivity index is 1.20. The van der Waals surface area contributed by atoms with Crippen molar-refractivity contribution in [1.82, 2.24) is 29.7 Å². The molecule has 3 aromatic rings. The van der Waals surface area contributed by atoms with Crippen LogP contribution in [-0.4, -0.2) is 94.6 Å². The van der Waals surface area contributed by atoms with Crippen molar-refractivity contribution < 1.29 is 4.79 Å². The molecule has 1 atom stereocenters. The van der Waals surface area contributed by atoms with Crippen molar-refractivity contribution in [2.24, 2.45) is 0 Å². The van der Waals surface area contributed by atoms with Crippen LogP contribution >= 0.6 is 11.3 Å². The third kappa shape index (κ3) is 5.16. The van der Waals surface area contributed by atoms with Gasteiger partial charge in [-0.2, -0.15) is 4.98 Å². The zero-order valence-electron chi connectivity index (χ0n) is 20.6. The molecular formula is C24H33N9OS. The van der Waals surface area contributed by atoms with Gasteiger partial charge in [0.25, 0.3) is 0 Å². The number of rotatable bonds is 4. The van der Waals surface area contributed by atoms with Gasteiger partial charge in [0.2, 0.25) is 5.95 Å². The molecule has 0 bridgehead atoms. The van der Waals surface area contributed by atoms with Crippen molar-refractivity contribution in [2.75, 3.05) is 68.8 Å². The van der Waals surface area contributed by atoms with Crippen LogP contribution < -0.4 is 16.0 Å². The third-order valence-corrected chi connectivity index (χ3v) is 7.64. The van der Waals surface area contributed by atoms with Crippen molar-refractivity contribution in [1.29, 1.82) is 0 Å². The van der Waals surface area contributed by atoms with Crippen LogP contribution in [0.3, 0.4) is 0 Å². The van der Waals surface area contributed by atoms with Crippen LogP contribution in [0.4, 0.5) is 22.2 Å². The van der Waals surface area contributed by atoms with Gasteiger partial charge in [-0.1, -0.05) is 12.1 Å². The number of amides is 2. The van der Waals surface area contributed by atoms with Gasteiger partial charge in [-0.3, -0.25) is 4.90 Å². The van der Waals surface area contributed by atoms with E-state index in [4.69, 9.17) is 5.73 Å². The van der Waals surface area contributed by atoms with Crippen LogP contribution in [0.15, 0.2) is 23.7 Å². The molecule has 2 amide bonds. The predicted molar refractivity (Wildman–Crippen MR) is 141 cm³/mol. The molecule has 2 aliphatic heterocycles. The number of likely N-dealkylation sites (N-methyl/N-ethyl adjacent to an activating group) is 1. The number of urea groups is 1. The summed E-state index contributed by atoms with van der Waals surface area (Å²) in [7, 11) is 2.17. The first-order valence-electron chi connectivity index (χ1n) is 12.1. The van der Waals surface area contributed by atoms with Gasteiger partial charge < -0.3 is 25.8 Å². The second kappa shape index (κ2) is 9.92. The lowest BCUT2D eigenvalue weighted by Crippen LogP contribution is -2.55. The molecule has 0 saturated carbocycles. The molecule has 4 heterocycles. The average Bonchev–Trinajstić information content (AvgIpc) is 3.30. The first kappa shape index (κ1) is 23.7. The van der Waals surface area contributed by atoms with Crippen molar-refractivity contribution in [3.63, 3.8) is 0 Å². The van der Waals surface area contributed by atoms with Crippen molar-refractivity contribution in [3.8, 4) is 0 Å². The lowest BCUT2D eigenvalue weighted by Gasteiger charge is -2.40. The molecule has 0 aliphatic carbocycles. The van der Waals surface area contributed by atoms with Gasteiger partial charge >= 0.3 is 6.03 Å². The van der Waals surface area contributed by atoms with Gasteiger partial charge in [-0.15, -0.1) is 11.3 Å². The number of carbonyl (C=O) groups is 1. The van der Waals surface area contributed by atoms with E-state index in [-0.39, 0.29) is 18.0 Å². The Morgan fingerprint density at radius 3 is 2.71 bits per heavy atom. The SMILES string of the molecule is Cc1cc(CN2CCN(C)CC2)ccc1NC(=O)N1CCN(c2nc(N)nc3scnc23)C(C)C1. The van der Waals surface area contributed by atoms with Crippen LogP contribution in [-0.2, 0) is 6.54 Å². The van der Waals surface area contributed by atoms with Crippen LogP contribution in [0.5, 0.6) is 0 Å². The molecular weight excluding hydrogens is 462 g/mol. The van der Waals surface area contributed by atoms with Crippen LogP contribution in [0.25, 0.3) is 10.3 Å². The quantitative estimate of drug-likeness (QED) is 0.569. The Labute approximate surface area is 209 Å². The molecule has 1 unspecified atom stereocenters. The number of benzene rings is 1. The van der Waals surface area contributed by atoms with E-state index in [1.165, 1.54) is 16.9 Å². The maximum atomic E-state index is 13.1. The summed E-state index contributed by atoms with van der Waals surface area (Å²) in [6, 6.07) is 6.34. The summed E-state index contributed by atoms with van der Waals surface area (Å²) in [6.45, 7) is 11.3. The van der Waals surface area contributed by atoms with Gasteiger partial charge in [-0.25, -0.2) is 14.8 Å². The number of aromatic nitrogens is 3. The Bertz CT molecular complexity index is 1210. The van der Waals surface area contributed by atoms with E-state index < -0.39 is 0 Å². The van der Waals surface area contributed by atoms with Crippen molar-refractivity contribution in [3.05, 3.63) is 34.8 Å². The summed E-state index contributed by atoms with van der Waals surface area (Å²) in [6.07, 6.45) is 0. The van der Waals surface area contributed by atoms with Crippen LogP contribution in [0.1, 0.15) is 18.1 Å². The molecule has 11 heteroatoms. The Kier molecular flexibility index (Phi) is 6.72. The average molecular weight is 496 g/mol. The molecule has 2 aromatic heterocycles. The Hall–Kier alpha value is -3.02. The molecule has 35 heavy (non-hydrogen) atoms. The zero-order valence-corrected chi connectivity index (χ0v) is 21.4. The lowest BCUT2D eigenvalue weighted by molar-refractivity contribution is 0.148. The highest BCUT2D eigenvalue weighted by Gasteiger charge is 2.30. The van der Waals surface area contributed by atoms with E-state index in [9.17, 15) is 4.79 Å². The Morgan fingerprint density at radius 1 is 1.17 bits per heavy atom. The number of nitrogen functional groups attached to an aromatic ring is 1. The first-order chi connectivity index (χ1) is 16.9. The molecule has 2 saturated heterocycles. The van der Waals surface area contributed by atoms with Crippen molar-refractivity contribution >= 4 is 45.2 Å². The van der Waals surface area contributed by atoms with Gasteiger partial charge in [0.1, 0.15) is 5.52 Å². The fourth-order valence-electron chi connectivity index (χ4n) is 4.84. The second-order valence-corrected chi connectivity index (χ2v) is 10.4. The number of nitrogens with two attached hydrogens (primary N) is 1. The van der Waals surface area contributed by atoms with E-state index >= 15 is 0 Å². The van der Waals surface area contributed by atoms with Crippen molar-refractivity contribution in [2.45, 2.75) is 26.4 Å². The molecule has 186 valence electrons. The standard InChI is InChI=1S/C24H33N9OS/c1-16-12-18(14-31-8-6-30(3)7-9-31)4-5-19(16)27-24(34)32-10-11-33(17(2)13-32)21-20-22(35-15-26-20)29-23(25)28-21/h4-5,12,15,17H,6-11,13-14H2,1-3H3,(H,27,34)(H2,25,28,29). The van der Waals surface area contributed by atoms with Gasteiger partial charge in [-0.05, 0) is 38.1 Å². The third-order valence-electron chi connectivity index (χ3n) is 6.92. The number of anilines is 3. The number of fused-ring (bicyclic) bond motifs is 1. The van der Waals surface area contributed by atoms with Crippen LogP contribution in [0.2, 0.25) is 0 Å². The number of hydrogen-bond donors (Lipinski definition) is 2. The molecule has 5 rings (SSSR count). The van der Waals surface area contributed by atoms with Gasteiger partial charge in [0.05, 0.1) is 5.51 Å². The van der Waals surface area contributed by atoms with Gasteiger partial charge in [0.15, 0.2) is 10.6 Å². The highest BCUT2D eigenvalue weighted by atomic mass is 32.1. The molecule has 1 aromatic carbocycles. The topological polar surface area (TPSA) is 107 Å². The minimum absolute atomic E-state index is 0.0701. The molecule has 2 aliphatic rings. The summed E-state index contributed by atoms with van der Waals surface area (Å²) >= 11 is 1.45. The van der Waals surface area contributed by atoms with Crippen LogP contribution in [0, 0.1) is 6.92 Å². The second-order valence-electron chi connectivity index (χ2n) is 9.56. The summed E-state index contributed by atoms with van der Waals surface area (Å²) in [4.78, 5) is 35.9. The number of nitrogens with one attached hydrogen (secondary N) is 1. The Morgan fingerprint density at radius 2 is 1.97 bits per heavy atom. The number of nitrogens with zero attached hydrogens (tertiary/aromatic N) is 7. The minimum atomic E-state index is -0.0765. The summed E-state index contributed by atoms with van der Waals surface area (Å²) < 4.78 is 0. The van der Waals surface area contributed by atoms with E-state index in [0.717, 1.165) is 60.1 Å². The predicted octanol–water partition coefficient (Wildman–Crippen LogP) is 2.47. The molecule has 0 spiro atoms. The maximum Gasteiger partial charge on any atom is 0.321 e. The van der Waals surface area contributed by atoms with Gasteiger partial charge in [0, 0.05) is 64.1 Å². The fraction of sp³-hybridized carbons (Fsp3) is 0.500. The number of aryl methyl sites for hydroxylation is 1. The summed E-state index contributed by atoms with van der Waals surface area (Å²) in [5, 5.41) is 3.12. The lowest BCUT2D eigenvalue weighted by atomic mass is 10.1. The van der Waals surface area contributed by atoms with E-state index in [2.05, 4.69) is 68.0 Å². The smallest absolute Gasteiger partial charge is 0.321 e. The normalized spacial score (nSPS) is 19.9. The number of piperazine rings is 2. The largest absolute Gasteiger partial charge is 0.368 e. The number of thiazole rings is 1. The number of hydrogen-bond acceptors (Lipinski definition) is 9. The molecule has 0 radical (unpaired) electrons. The number of carbonyl (C=O) groups excluding carboxylic acids is 1. The highest BCUT2D eigenvalue weighted by molar-refractivity contribution is 7.16. The van der Waals surface area contributed by atoms with E-state index in [1.807, 2.05) is 11.0 Å². The van der Waals surface area contributed by atoms with E-state index in [1.54, 1.807) is 5.51 Å². The zero-order chi connectivity index (χ0) is 24.5. The summed E-state index contributed by atoms with van der Waals surface area (Å²) in [5.74, 6) is 0.990. The highest BCUT2D eigenvalue weighted by Crippen LogP contribution is 2.29. The molecule has 2 fully saturated rings. The molecule has 10 nitrogen and oxygen atoms in total. The monoisotopic (exact) mass is 495 g/mol. The fourth-order valence-corrected chi connectivity index (χ4v) is 5.50. The maximum absolute atomic E-state index is 13.1. The van der Waals surface area contributed by atoms with E-state index in [0.29, 0.717) is 19.6 Å².